The van der Waals surface area contributed by atoms with Crippen LogP contribution in [-0.2, 0) is 0 Å². The summed E-state index contributed by atoms with van der Waals surface area (Å²) >= 11 is 0. The van der Waals surface area contributed by atoms with E-state index in [0.717, 1.165) is 12.5 Å². The van der Waals surface area contributed by atoms with Crippen LogP contribution in [0.25, 0.3) is 0 Å². The lowest BCUT2D eigenvalue weighted by atomic mass is 9.72. The quantitative estimate of drug-likeness (QED) is 0.741. The Kier molecular flexibility index (Phi) is 2.17. The van der Waals surface area contributed by atoms with Crippen LogP contribution in [0.1, 0.15) is 24.5 Å². The zero-order valence-corrected chi connectivity index (χ0v) is 7.42. The van der Waals surface area contributed by atoms with Gasteiger partial charge in [0, 0.05) is 5.92 Å². The highest BCUT2D eigenvalue weighted by atomic mass is 16.3. The summed E-state index contributed by atoms with van der Waals surface area (Å²) in [7, 11) is 2.01. The Hall–Kier alpha value is -0.760. The van der Waals surface area contributed by atoms with Crippen LogP contribution in [0.4, 0.5) is 0 Å². The third-order valence-electron chi connectivity index (χ3n) is 2.79. The third kappa shape index (κ3) is 1.27. The van der Waals surface area contributed by atoms with Crippen molar-refractivity contribution in [1.29, 1.82) is 0 Å². The molecule has 0 aromatic carbocycles. The van der Waals surface area contributed by atoms with E-state index in [1.54, 1.807) is 6.26 Å². The van der Waals surface area contributed by atoms with Crippen LogP contribution in [0.2, 0.25) is 0 Å². The first-order chi connectivity index (χ1) is 5.92. The molecule has 0 amide bonds. The topological polar surface area (TPSA) is 25.2 Å². The van der Waals surface area contributed by atoms with Gasteiger partial charge in [0.2, 0.25) is 0 Å². The molecule has 1 heterocycles. The van der Waals surface area contributed by atoms with Crippen molar-refractivity contribution in [3.8, 4) is 0 Å². The number of furan rings is 1. The first-order valence-electron chi connectivity index (χ1n) is 4.60. The maximum Gasteiger partial charge on any atom is 0.107 e. The highest BCUT2D eigenvalue weighted by Gasteiger charge is 2.33. The molecular weight excluding hydrogens is 150 g/mol. The summed E-state index contributed by atoms with van der Waals surface area (Å²) < 4.78 is 5.39. The summed E-state index contributed by atoms with van der Waals surface area (Å²) in [4.78, 5) is 0. The van der Waals surface area contributed by atoms with Gasteiger partial charge in [0.05, 0.1) is 6.26 Å². The molecular formula is C10H15NO. The molecule has 12 heavy (non-hydrogen) atoms. The third-order valence-corrected chi connectivity index (χ3v) is 2.79. The van der Waals surface area contributed by atoms with Gasteiger partial charge in [0.15, 0.2) is 0 Å². The van der Waals surface area contributed by atoms with E-state index in [0.29, 0.717) is 5.92 Å². The van der Waals surface area contributed by atoms with E-state index >= 15 is 0 Å². The molecule has 1 aromatic heterocycles. The second-order valence-electron chi connectivity index (χ2n) is 3.52. The Bertz CT molecular complexity index is 230. The van der Waals surface area contributed by atoms with E-state index in [9.17, 15) is 0 Å². The van der Waals surface area contributed by atoms with Gasteiger partial charge in [-0.25, -0.2) is 0 Å². The van der Waals surface area contributed by atoms with Crippen molar-refractivity contribution in [3.05, 3.63) is 24.2 Å². The molecule has 1 saturated carbocycles. The molecule has 2 atom stereocenters. The van der Waals surface area contributed by atoms with E-state index in [1.807, 2.05) is 13.1 Å². The molecule has 2 nitrogen and oxygen atoms in total. The molecule has 2 heteroatoms. The van der Waals surface area contributed by atoms with Gasteiger partial charge in [-0.2, -0.15) is 0 Å². The zero-order valence-electron chi connectivity index (χ0n) is 7.42. The van der Waals surface area contributed by atoms with Crippen LogP contribution >= 0.6 is 0 Å². The standard InChI is InChI=1S/C10H15NO/c1-11-7-8-4-5-9(8)10-3-2-6-12-10/h2-3,6,8-9,11H,4-5,7H2,1H3. The van der Waals surface area contributed by atoms with Crippen LogP contribution in [0.5, 0.6) is 0 Å². The van der Waals surface area contributed by atoms with Crippen LogP contribution in [0, 0.1) is 5.92 Å². The van der Waals surface area contributed by atoms with E-state index in [4.69, 9.17) is 4.42 Å². The Balaban J connectivity index is 1.97. The number of hydrogen-bond acceptors (Lipinski definition) is 2. The minimum atomic E-state index is 0.674. The SMILES string of the molecule is CNCC1CCC1c1ccco1. The average molecular weight is 165 g/mol. The maximum absolute atomic E-state index is 5.39. The molecule has 0 aliphatic heterocycles. The molecule has 66 valence electrons. The fraction of sp³-hybridized carbons (Fsp3) is 0.600. The molecule has 2 unspecified atom stereocenters. The molecule has 0 spiro atoms. The van der Waals surface area contributed by atoms with E-state index in [2.05, 4.69) is 11.4 Å². The Labute approximate surface area is 73.0 Å². The van der Waals surface area contributed by atoms with Crippen molar-refractivity contribution in [1.82, 2.24) is 5.32 Å². The minimum absolute atomic E-state index is 0.674. The predicted molar refractivity (Wildman–Crippen MR) is 48.1 cm³/mol. The van der Waals surface area contributed by atoms with Gasteiger partial charge in [0.25, 0.3) is 0 Å². The summed E-state index contributed by atoms with van der Waals surface area (Å²) in [5, 5.41) is 3.22. The van der Waals surface area contributed by atoms with Crippen LogP contribution in [-0.4, -0.2) is 13.6 Å². The molecule has 1 fully saturated rings. The first-order valence-corrected chi connectivity index (χ1v) is 4.60. The van der Waals surface area contributed by atoms with Gasteiger partial charge in [-0.15, -0.1) is 0 Å². The van der Waals surface area contributed by atoms with E-state index < -0.39 is 0 Å². The Morgan fingerprint density at radius 1 is 1.58 bits per heavy atom. The van der Waals surface area contributed by atoms with Crippen molar-refractivity contribution in [2.75, 3.05) is 13.6 Å². The molecule has 1 aromatic rings. The lowest BCUT2D eigenvalue weighted by Gasteiger charge is -2.34. The van der Waals surface area contributed by atoms with Gasteiger partial charge in [-0.3, -0.25) is 0 Å². The highest BCUT2D eigenvalue weighted by molar-refractivity contribution is 5.11. The fourth-order valence-electron chi connectivity index (χ4n) is 1.95. The zero-order chi connectivity index (χ0) is 8.39. The molecule has 1 aliphatic carbocycles. The van der Waals surface area contributed by atoms with Crippen molar-refractivity contribution >= 4 is 0 Å². The molecule has 1 aliphatic rings. The average Bonchev–Trinajstić information content (AvgIpc) is 2.51. The summed E-state index contributed by atoms with van der Waals surface area (Å²) in [5.74, 6) is 2.63. The van der Waals surface area contributed by atoms with Crippen molar-refractivity contribution in [3.63, 3.8) is 0 Å². The predicted octanol–water partition coefficient (Wildman–Crippen LogP) is 1.99. The number of hydrogen-bond donors (Lipinski definition) is 1. The Morgan fingerprint density at radius 2 is 2.50 bits per heavy atom. The van der Waals surface area contributed by atoms with Gasteiger partial charge in [-0.05, 0) is 44.5 Å². The van der Waals surface area contributed by atoms with Crippen molar-refractivity contribution < 1.29 is 4.42 Å². The van der Waals surface area contributed by atoms with Crippen LogP contribution in [0.15, 0.2) is 22.8 Å². The largest absolute Gasteiger partial charge is 0.469 e. The van der Waals surface area contributed by atoms with Gasteiger partial charge in [0.1, 0.15) is 5.76 Å². The van der Waals surface area contributed by atoms with Crippen molar-refractivity contribution in [2.24, 2.45) is 5.92 Å². The second kappa shape index (κ2) is 3.31. The molecule has 2 rings (SSSR count). The fourth-order valence-corrected chi connectivity index (χ4v) is 1.95. The second-order valence-corrected chi connectivity index (χ2v) is 3.52. The monoisotopic (exact) mass is 165 g/mol. The van der Waals surface area contributed by atoms with E-state index in [1.165, 1.54) is 18.6 Å². The van der Waals surface area contributed by atoms with E-state index in [-0.39, 0.29) is 0 Å². The summed E-state index contributed by atoms with van der Waals surface area (Å²) in [6.07, 6.45) is 4.40. The summed E-state index contributed by atoms with van der Waals surface area (Å²) in [6, 6.07) is 4.07. The summed E-state index contributed by atoms with van der Waals surface area (Å²) in [6.45, 7) is 1.12. The molecule has 0 bridgehead atoms. The normalized spacial score (nSPS) is 28.4. The molecule has 1 N–H and O–H groups in total. The highest BCUT2D eigenvalue weighted by Crippen LogP contribution is 2.41. The smallest absolute Gasteiger partial charge is 0.107 e. The lowest BCUT2D eigenvalue weighted by Crippen LogP contribution is -2.31. The van der Waals surface area contributed by atoms with Crippen LogP contribution < -0.4 is 5.32 Å². The maximum atomic E-state index is 5.39. The minimum Gasteiger partial charge on any atom is -0.469 e. The number of nitrogens with one attached hydrogen (secondary N) is 1. The van der Waals surface area contributed by atoms with Gasteiger partial charge < -0.3 is 9.73 Å². The van der Waals surface area contributed by atoms with Crippen molar-refractivity contribution in [2.45, 2.75) is 18.8 Å². The molecule has 0 radical (unpaired) electrons. The number of rotatable bonds is 3. The Morgan fingerprint density at radius 3 is 3.00 bits per heavy atom. The first kappa shape index (κ1) is 7.87. The van der Waals surface area contributed by atoms with Gasteiger partial charge in [-0.1, -0.05) is 0 Å². The summed E-state index contributed by atoms with van der Waals surface area (Å²) in [5.41, 5.74) is 0. The molecule has 0 saturated heterocycles. The van der Waals surface area contributed by atoms with Gasteiger partial charge >= 0.3 is 0 Å². The van der Waals surface area contributed by atoms with Crippen LogP contribution in [0.3, 0.4) is 0 Å². The lowest BCUT2D eigenvalue weighted by molar-refractivity contribution is 0.219.